The van der Waals surface area contributed by atoms with Gasteiger partial charge in [0, 0.05) is 24.1 Å². The van der Waals surface area contributed by atoms with Crippen LogP contribution in [0.15, 0.2) is 51.8 Å². The predicted molar refractivity (Wildman–Crippen MR) is 106 cm³/mol. The highest BCUT2D eigenvalue weighted by molar-refractivity contribution is 9.10. The van der Waals surface area contributed by atoms with Crippen LogP contribution >= 0.6 is 15.9 Å². The van der Waals surface area contributed by atoms with Crippen LogP contribution in [0.5, 0.6) is 5.75 Å². The number of nitrogens with zero attached hydrogens (tertiary/aromatic N) is 1. The van der Waals surface area contributed by atoms with Gasteiger partial charge in [-0.2, -0.15) is 0 Å². The van der Waals surface area contributed by atoms with Crippen molar-refractivity contribution < 1.29 is 17.9 Å². The second kappa shape index (κ2) is 8.00. The Balaban J connectivity index is 1.79. The Morgan fingerprint density at radius 2 is 1.89 bits per heavy atom. The number of hydrogen-bond donors (Lipinski definition) is 1. The minimum atomic E-state index is -3.62. The maximum absolute atomic E-state index is 12.9. The van der Waals surface area contributed by atoms with Crippen LogP contribution < -0.4 is 9.46 Å². The summed E-state index contributed by atoms with van der Waals surface area (Å²) in [5.41, 5.74) is 1.26. The predicted octanol–water partition coefficient (Wildman–Crippen LogP) is 3.17. The number of carbonyl (C=O) groups is 1. The van der Waals surface area contributed by atoms with E-state index in [0.717, 1.165) is 24.2 Å². The van der Waals surface area contributed by atoms with Crippen LogP contribution in [0.4, 0.5) is 0 Å². The molecule has 2 aromatic carbocycles. The van der Waals surface area contributed by atoms with Crippen molar-refractivity contribution in [3.63, 3.8) is 0 Å². The molecular weight excluding hydrogens is 432 g/mol. The van der Waals surface area contributed by atoms with Gasteiger partial charge in [-0.1, -0.05) is 12.1 Å². The summed E-state index contributed by atoms with van der Waals surface area (Å²) >= 11 is 3.35. The number of nitrogens with one attached hydrogen (secondary N) is 1. The van der Waals surface area contributed by atoms with E-state index in [1.807, 2.05) is 24.3 Å². The SMILES string of the molecule is COc1ccc(CN(C)C(=O)c2cc(S(=O)(=O)NC3CC3)ccc2Br)cc1. The lowest BCUT2D eigenvalue weighted by atomic mass is 10.1. The molecule has 1 amide bonds. The number of benzene rings is 2. The van der Waals surface area contributed by atoms with Crippen molar-refractivity contribution in [3.05, 3.63) is 58.1 Å². The summed E-state index contributed by atoms with van der Waals surface area (Å²) < 4.78 is 33.2. The Bertz CT molecular complexity index is 941. The molecule has 8 heteroatoms. The molecule has 0 atom stereocenters. The van der Waals surface area contributed by atoms with Gasteiger partial charge in [0.1, 0.15) is 5.75 Å². The first-order valence-corrected chi connectivity index (χ1v) is 10.8. The zero-order valence-corrected chi connectivity index (χ0v) is 17.5. The molecule has 0 unspecified atom stereocenters. The van der Waals surface area contributed by atoms with Crippen LogP contribution in [0, 0.1) is 0 Å². The lowest BCUT2D eigenvalue weighted by Crippen LogP contribution is -2.28. The summed E-state index contributed by atoms with van der Waals surface area (Å²) in [7, 11) is -0.336. The number of amides is 1. The highest BCUT2D eigenvalue weighted by Gasteiger charge is 2.29. The number of methoxy groups -OCH3 is 1. The van der Waals surface area contributed by atoms with Crippen molar-refractivity contribution in [2.45, 2.75) is 30.3 Å². The molecule has 3 rings (SSSR count). The maximum atomic E-state index is 12.9. The second-order valence-electron chi connectivity index (χ2n) is 6.55. The quantitative estimate of drug-likeness (QED) is 0.699. The van der Waals surface area contributed by atoms with Gasteiger partial charge >= 0.3 is 0 Å². The minimum absolute atomic E-state index is 0.00976. The molecule has 6 nitrogen and oxygen atoms in total. The average molecular weight is 453 g/mol. The van der Waals surface area contributed by atoms with Crippen molar-refractivity contribution in [1.29, 1.82) is 0 Å². The molecule has 0 radical (unpaired) electrons. The summed E-state index contributed by atoms with van der Waals surface area (Å²) in [4.78, 5) is 14.5. The van der Waals surface area contributed by atoms with E-state index in [2.05, 4.69) is 20.7 Å². The lowest BCUT2D eigenvalue weighted by molar-refractivity contribution is 0.0784. The Morgan fingerprint density at radius 1 is 1.22 bits per heavy atom. The Labute approximate surface area is 167 Å². The van der Waals surface area contributed by atoms with Crippen molar-refractivity contribution in [2.24, 2.45) is 0 Å². The molecule has 1 fully saturated rings. The first-order chi connectivity index (χ1) is 12.8. The van der Waals surface area contributed by atoms with Crippen molar-refractivity contribution >= 4 is 31.9 Å². The Morgan fingerprint density at radius 3 is 2.48 bits per heavy atom. The third-order valence-electron chi connectivity index (χ3n) is 4.30. The Kier molecular flexibility index (Phi) is 5.88. The second-order valence-corrected chi connectivity index (χ2v) is 9.11. The third kappa shape index (κ3) is 4.88. The molecule has 0 bridgehead atoms. The molecule has 0 aromatic heterocycles. The van der Waals surface area contributed by atoms with E-state index in [4.69, 9.17) is 4.74 Å². The van der Waals surface area contributed by atoms with Crippen molar-refractivity contribution in [1.82, 2.24) is 9.62 Å². The summed E-state index contributed by atoms with van der Waals surface area (Å²) in [6.45, 7) is 0.395. The highest BCUT2D eigenvalue weighted by Crippen LogP contribution is 2.26. The maximum Gasteiger partial charge on any atom is 0.255 e. The summed E-state index contributed by atoms with van der Waals surface area (Å²) in [6.07, 6.45) is 1.71. The highest BCUT2D eigenvalue weighted by atomic mass is 79.9. The molecule has 2 aromatic rings. The van der Waals surface area contributed by atoms with E-state index >= 15 is 0 Å². The van der Waals surface area contributed by atoms with Crippen molar-refractivity contribution in [2.75, 3.05) is 14.2 Å². The smallest absolute Gasteiger partial charge is 0.255 e. The molecule has 1 N–H and O–H groups in total. The van der Waals surface area contributed by atoms with Gasteiger partial charge in [0.25, 0.3) is 5.91 Å². The molecule has 1 aliphatic rings. The molecular formula is C19H21BrN2O4S. The van der Waals surface area contributed by atoms with Crippen LogP contribution in [0.25, 0.3) is 0 Å². The van der Waals surface area contributed by atoms with Crippen LogP contribution in [-0.4, -0.2) is 39.4 Å². The van der Waals surface area contributed by atoms with Gasteiger partial charge in [-0.05, 0) is 64.7 Å². The third-order valence-corrected chi connectivity index (χ3v) is 6.51. The van der Waals surface area contributed by atoms with E-state index in [-0.39, 0.29) is 16.8 Å². The van der Waals surface area contributed by atoms with E-state index in [9.17, 15) is 13.2 Å². The number of halogens is 1. The summed E-state index contributed by atoms with van der Waals surface area (Å²) in [5, 5.41) is 0. The molecule has 27 heavy (non-hydrogen) atoms. The van der Waals surface area contributed by atoms with Gasteiger partial charge in [-0.25, -0.2) is 13.1 Å². The lowest BCUT2D eigenvalue weighted by Gasteiger charge is -2.19. The molecule has 1 saturated carbocycles. The van der Waals surface area contributed by atoms with Gasteiger partial charge in [-0.15, -0.1) is 0 Å². The van der Waals surface area contributed by atoms with Gasteiger partial charge in [-0.3, -0.25) is 4.79 Å². The molecule has 0 spiro atoms. The normalized spacial score (nSPS) is 14.0. The largest absolute Gasteiger partial charge is 0.497 e. The summed E-state index contributed by atoms with van der Waals surface area (Å²) in [5.74, 6) is 0.484. The first kappa shape index (κ1) is 19.9. The number of carbonyl (C=O) groups excluding carboxylic acids is 1. The standard InChI is InChI=1S/C19H21BrN2O4S/c1-22(12-13-3-7-15(26-2)8-4-13)19(23)17-11-16(9-10-18(17)20)27(24,25)21-14-5-6-14/h3-4,7-11,14,21H,5-6,12H2,1-2H3. The molecule has 1 aliphatic carbocycles. The minimum Gasteiger partial charge on any atom is -0.497 e. The van der Waals surface area contributed by atoms with Gasteiger partial charge in [0.2, 0.25) is 10.0 Å². The summed E-state index contributed by atoms with van der Waals surface area (Å²) in [6, 6.07) is 12.0. The van der Waals surface area contributed by atoms with E-state index < -0.39 is 10.0 Å². The van der Waals surface area contributed by atoms with Crippen LogP contribution in [-0.2, 0) is 16.6 Å². The van der Waals surface area contributed by atoms with E-state index in [1.165, 1.54) is 12.1 Å². The average Bonchev–Trinajstić information content (AvgIpc) is 3.45. The fourth-order valence-electron chi connectivity index (χ4n) is 2.61. The molecule has 0 saturated heterocycles. The number of hydrogen-bond acceptors (Lipinski definition) is 4. The molecule has 144 valence electrons. The van der Waals surface area contributed by atoms with E-state index in [0.29, 0.717) is 16.6 Å². The zero-order valence-electron chi connectivity index (χ0n) is 15.1. The van der Waals surface area contributed by atoms with Gasteiger partial charge < -0.3 is 9.64 Å². The monoisotopic (exact) mass is 452 g/mol. The van der Waals surface area contributed by atoms with Gasteiger partial charge in [0.15, 0.2) is 0 Å². The zero-order chi connectivity index (χ0) is 19.6. The molecule has 0 heterocycles. The molecule has 0 aliphatic heterocycles. The number of rotatable bonds is 7. The van der Waals surface area contributed by atoms with Crippen LogP contribution in [0.1, 0.15) is 28.8 Å². The fourth-order valence-corrected chi connectivity index (χ4v) is 4.35. The van der Waals surface area contributed by atoms with Crippen LogP contribution in [0.3, 0.4) is 0 Å². The fraction of sp³-hybridized carbons (Fsp3) is 0.316. The van der Waals surface area contributed by atoms with Crippen LogP contribution in [0.2, 0.25) is 0 Å². The first-order valence-electron chi connectivity index (χ1n) is 8.50. The number of ether oxygens (including phenoxy) is 1. The Hall–Kier alpha value is -1.90. The van der Waals surface area contributed by atoms with Gasteiger partial charge in [0.05, 0.1) is 17.6 Å². The van der Waals surface area contributed by atoms with Crippen molar-refractivity contribution in [3.8, 4) is 5.75 Å². The number of sulfonamides is 1. The topological polar surface area (TPSA) is 75.7 Å². The van der Waals surface area contributed by atoms with E-state index in [1.54, 1.807) is 25.1 Å².